The molecular formula is C24H29BrN2O7S. The number of alkyl halides is 1. The summed E-state index contributed by atoms with van der Waals surface area (Å²) in [5.41, 5.74) is 0.632. The second-order valence-electron chi connectivity index (χ2n) is 9.30. The molecule has 0 aliphatic heterocycles. The van der Waals surface area contributed by atoms with Gasteiger partial charge in [-0.1, -0.05) is 29.8 Å². The van der Waals surface area contributed by atoms with Crippen molar-refractivity contribution < 1.29 is 31.9 Å². The van der Waals surface area contributed by atoms with Crippen LogP contribution < -0.4 is 10.0 Å². The highest BCUT2D eigenvalue weighted by atomic mass is 79.9. The average Bonchev–Trinajstić information content (AvgIpc) is 3.12. The first-order valence-electron chi connectivity index (χ1n) is 11.0. The molecule has 1 heterocycles. The van der Waals surface area contributed by atoms with E-state index in [1.54, 1.807) is 58.9 Å². The van der Waals surface area contributed by atoms with Crippen LogP contribution in [0, 0.1) is 5.92 Å². The van der Waals surface area contributed by atoms with Crippen LogP contribution in [-0.2, 0) is 24.3 Å². The molecule has 0 fully saturated rings. The lowest BCUT2D eigenvalue weighted by molar-refractivity contribution is -0.158. The van der Waals surface area contributed by atoms with Crippen LogP contribution in [0.15, 0.2) is 45.7 Å². The third-order valence-corrected chi connectivity index (χ3v) is 6.68. The van der Waals surface area contributed by atoms with Gasteiger partial charge in [0.05, 0.1) is 4.90 Å². The van der Waals surface area contributed by atoms with Crippen LogP contribution in [0.3, 0.4) is 0 Å². The van der Waals surface area contributed by atoms with Crippen molar-refractivity contribution in [2.45, 2.75) is 51.2 Å². The van der Waals surface area contributed by atoms with Crippen LogP contribution in [0.1, 0.15) is 34.6 Å². The Labute approximate surface area is 212 Å². The molecular weight excluding hydrogens is 540 g/mol. The molecule has 0 aliphatic carbocycles. The molecule has 0 bridgehead atoms. The number of halogens is 1. The zero-order valence-corrected chi connectivity index (χ0v) is 22.6. The van der Waals surface area contributed by atoms with Crippen molar-refractivity contribution in [1.82, 2.24) is 4.72 Å². The van der Waals surface area contributed by atoms with Gasteiger partial charge in [-0.05, 0) is 57.0 Å². The molecule has 1 amide bonds. The van der Waals surface area contributed by atoms with E-state index in [1.165, 1.54) is 12.1 Å². The molecule has 2 aromatic carbocycles. The van der Waals surface area contributed by atoms with Gasteiger partial charge in [0.15, 0.2) is 0 Å². The molecule has 0 spiro atoms. The summed E-state index contributed by atoms with van der Waals surface area (Å²) in [5, 5.41) is 4.54. The SMILES string of the molecule is CC(C)[C@H](NS(=O)(=O)c1ccc2c(c1)oc1ccc(NC(=O)OCCBr)cc12)C(=O)OC(C)(C)C. The zero-order chi connectivity index (χ0) is 26.0. The van der Waals surface area contributed by atoms with Gasteiger partial charge >= 0.3 is 12.1 Å². The van der Waals surface area contributed by atoms with Crippen LogP contribution in [0.4, 0.5) is 10.5 Å². The summed E-state index contributed by atoms with van der Waals surface area (Å²) in [6, 6.07) is 8.48. The summed E-state index contributed by atoms with van der Waals surface area (Å²) >= 11 is 3.19. The number of esters is 1. The Morgan fingerprint density at radius 3 is 2.40 bits per heavy atom. The number of amides is 1. The monoisotopic (exact) mass is 568 g/mol. The smallest absolute Gasteiger partial charge is 0.411 e. The maximum absolute atomic E-state index is 13.1. The van der Waals surface area contributed by atoms with Crippen molar-refractivity contribution in [2.24, 2.45) is 5.92 Å². The molecule has 1 aromatic heterocycles. The van der Waals surface area contributed by atoms with Gasteiger partial charge in [0.2, 0.25) is 10.0 Å². The number of hydrogen-bond acceptors (Lipinski definition) is 7. The molecule has 0 radical (unpaired) electrons. The van der Waals surface area contributed by atoms with E-state index in [-0.39, 0.29) is 17.4 Å². The lowest BCUT2D eigenvalue weighted by Crippen LogP contribution is -2.47. The van der Waals surface area contributed by atoms with Gasteiger partial charge in [0.1, 0.15) is 29.4 Å². The van der Waals surface area contributed by atoms with Crippen molar-refractivity contribution in [3.05, 3.63) is 36.4 Å². The predicted molar refractivity (Wildman–Crippen MR) is 137 cm³/mol. The summed E-state index contributed by atoms with van der Waals surface area (Å²) in [6.07, 6.45) is -0.583. The molecule has 11 heteroatoms. The van der Waals surface area contributed by atoms with Crippen molar-refractivity contribution >= 4 is 65.6 Å². The van der Waals surface area contributed by atoms with Crippen LogP contribution in [-0.4, -0.2) is 44.1 Å². The van der Waals surface area contributed by atoms with Gasteiger partial charge in [-0.2, -0.15) is 4.72 Å². The maximum atomic E-state index is 13.1. The van der Waals surface area contributed by atoms with Crippen LogP contribution in [0.25, 0.3) is 21.9 Å². The third-order valence-electron chi connectivity index (χ3n) is 4.92. The number of sulfonamides is 1. The fraction of sp³-hybridized carbons (Fsp3) is 0.417. The second-order valence-corrected chi connectivity index (χ2v) is 11.8. The first-order valence-corrected chi connectivity index (χ1v) is 13.6. The first-order chi connectivity index (χ1) is 16.3. The van der Waals surface area contributed by atoms with Crippen molar-refractivity contribution in [1.29, 1.82) is 0 Å². The van der Waals surface area contributed by atoms with E-state index >= 15 is 0 Å². The lowest BCUT2D eigenvalue weighted by atomic mass is 10.1. The van der Waals surface area contributed by atoms with E-state index < -0.39 is 33.7 Å². The highest BCUT2D eigenvalue weighted by Crippen LogP contribution is 2.32. The predicted octanol–water partition coefficient (Wildman–Crippen LogP) is 5.17. The molecule has 35 heavy (non-hydrogen) atoms. The van der Waals surface area contributed by atoms with Crippen LogP contribution >= 0.6 is 15.9 Å². The van der Waals surface area contributed by atoms with Crippen molar-refractivity contribution in [3.8, 4) is 0 Å². The van der Waals surface area contributed by atoms with E-state index in [1.807, 2.05) is 0 Å². The van der Waals surface area contributed by atoms with E-state index in [4.69, 9.17) is 13.9 Å². The molecule has 0 saturated heterocycles. The molecule has 3 rings (SSSR count). The minimum atomic E-state index is -4.06. The Morgan fingerprint density at radius 2 is 1.77 bits per heavy atom. The molecule has 1 atom stereocenters. The third kappa shape index (κ3) is 6.74. The minimum Gasteiger partial charge on any atom is -0.459 e. The fourth-order valence-corrected chi connectivity index (χ4v) is 4.85. The number of fused-ring (bicyclic) bond motifs is 3. The molecule has 9 nitrogen and oxygen atoms in total. The lowest BCUT2D eigenvalue weighted by Gasteiger charge is -2.26. The number of rotatable bonds is 8. The number of ether oxygens (including phenoxy) is 2. The Morgan fingerprint density at radius 1 is 1.06 bits per heavy atom. The summed E-state index contributed by atoms with van der Waals surface area (Å²) < 4.78 is 44.9. The van der Waals surface area contributed by atoms with E-state index in [9.17, 15) is 18.0 Å². The fourth-order valence-electron chi connectivity index (χ4n) is 3.34. The molecule has 2 N–H and O–H groups in total. The van der Waals surface area contributed by atoms with Crippen molar-refractivity contribution in [3.63, 3.8) is 0 Å². The summed E-state index contributed by atoms with van der Waals surface area (Å²) in [4.78, 5) is 24.4. The Bertz CT molecular complexity index is 1340. The molecule has 190 valence electrons. The van der Waals surface area contributed by atoms with Gasteiger partial charge in [0.25, 0.3) is 0 Å². The van der Waals surface area contributed by atoms with Gasteiger partial charge in [-0.3, -0.25) is 10.1 Å². The molecule has 0 aliphatic rings. The van der Waals surface area contributed by atoms with E-state index in [2.05, 4.69) is 26.0 Å². The van der Waals surface area contributed by atoms with Crippen molar-refractivity contribution in [2.75, 3.05) is 17.3 Å². The Kier molecular flexibility index (Phi) is 8.13. The second kappa shape index (κ2) is 10.5. The van der Waals surface area contributed by atoms with E-state index in [0.717, 1.165) is 0 Å². The van der Waals surface area contributed by atoms with Gasteiger partial charge in [-0.15, -0.1) is 0 Å². The highest BCUT2D eigenvalue weighted by Gasteiger charge is 2.32. The molecule has 0 saturated carbocycles. The summed E-state index contributed by atoms with van der Waals surface area (Å²) in [5.74, 6) is -0.975. The number of benzene rings is 2. The molecule has 3 aromatic rings. The topological polar surface area (TPSA) is 124 Å². The number of nitrogens with one attached hydrogen (secondary N) is 2. The highest BCUT2D eigenvalue weighted by molar-refractivity contribution is 9.09. The normalized spacial score (nSPS) is 13.2. The summed E-state index contributed by atoms with van der Waals surface area (Å²) in [7, 11) is -4.06. The van der Waals surface area contributed by atoms with Crippen LogP contribution in [0.5, 0.6) is 0 Å². The number of furan rings is 1. The maximum Gasteiger partial charge on any atom is 0.411 e. The number of anilines is 1. The number of carbonyl (C=O) groups is 2. The Balaban J connectivity index is 1.89. The quantitative estimate of drug-likeness (QED) is 0.283. The van der Waals surface area contributed by atoms with Gasteiger partial charge < -0.3 is 13.9 Å². The van der Waals surface area contributed by atoms with Crippen LogP contribution in [0.2, 0.25) is 0 Å². The average molecular weight is 569 g/mol. The summed E-state index contributed by atoms with van der Waals surface area (Å²) in [6.45, 7) is 8.87. The molecule has 0 unspecified atom stereocenters. The first kappa shape index (κ1) is 27.0. The number of carbonyl (C=O) groups excluding carboxylic acids is 2. The zero-order valence-electron chi connectivity index (χ0n) is 20.2. The van der Waals surface area contributed by atoms with Gasteiger partial charge in [0, 0.05) is 27.9 Å². The Hall–Kier alpha value is -2.63. The van der Waals surface area contributed by atoms with E-state index in [0.29, 0.717) is 33.0 Å². The largest absolute Gasteiger partial charge is 0.459 e. The number of hydrogen-bond donors (Lipinski definition) is 2. The van der Waals surface area contributed by atoms with Gasteiger partial charge in [-0.25, -0.2) is 13.2 Å². The minimum absolute atomic E-state index is 0.0463. The standard InChI is InChI=1S/C24H29BrN2O7S/c1-14(2)21(22(28)34-24(3,4)5)27-35(30,31)16-7-8-17-18-12-15(26-23(29)32-11-10-25)6-9-19(18)33-20(17)13-16/h6-9,12-14,21,27H,10-11H2,1-5H3,(H,26,29)/t21-/m0/s1.